The van der Waals surface area contributed by atoms with Crippen molar-refractivity contribution in [1.29, 1.82) is 0 Å². The van der Waals surface area contributed by atoms with Crippen molar-refractivity contribution in [3.05, 3.63) is 64.1 Å². The van der Waals surface area contributed by atoms with Crippen molar-refractivity contribution in [2.75, 3.05) is 11.9 Å². The Hall–Kier alpha value is -1.79. The maximum Gasteiger partial charge on any atom is 0.279 e. The molecule has 0 saturated carbocycles. The molecule has 0 aliphatic heterocycles. The average Bonchev–Trinajstić information content (AvgIpc) is 2.50. The first-order valence-electron chi connectivity index (χ1n) is 6.79. The van der Waals surface area contributed by atoms with Crippen LogP contribution >= 0.6 is 15.9 Å². The van der Waals surface area contributed by atoms with Crippen molar-refractivity contribution in [3.63, 3.8) is 0 Å². The first-order chi connectivity index (χ1) is 10.5. The third-order valence-electron chi connectivity index (χ3n) is 3.25. The summed E-state index contributed by atoms with van der Waals surface area (Å²) in [5, 5.41) is 4.54. The van der Waals surface area contributed by atoms with Crippen LogP contribution in [0.1, 0.15) is 18.5 Å². The second-order valence-electron chi connectivity index (χ2n) is 4.96. The summed E-state index contributed by atoms with van der Waals surface area (Å²) >= 11 is 3.32. The molecule has 22 heavy (non-hydrogen) atoms. The molecular formula is C16H16BrF2N2O+. The molecule has 0 heterocycles. The molecule has 0 aliphatic carbocycles. The Morgan fingerprint density at radius 2 is 1.86 bits per heavy atom. The number of amides is 1. The predicted octanol–water partition coefficient (Wildman–Crippen LogP) is 2.99. The number of halogens is 3. The maximum atomic E-state index is 13.2. The molecule has 0 aliphatic rings. The van der Waals surface area contributed by atoms with Crippen molar-refractivity contribution in [3.8, 4) is 0 Å². The first kappa shape index (κ1) is 16.6. The number of carbonyl (C=O) groups is 1. The summed E-state index contributed by atoms with van der Waals surface area (Å²) in [6.45, 7) is 2.02. The molecule has 3 N–H and O–H groups in total. The van der Waals surface area contributed by atoms with E-state index in [9.17, 15) is 13.6 Å². The molecule has 3 nitrogen and oxygen atoms in total. The van der Waals surface area contributed by atoms with Gasteiger partial charge in [0, 0.05) is 15.7 Å². The van der Waals surface area contributed by atoms with Crippen LogP contribution in [0, 0.1) is 11.6 Å². The third-order valence-corrected chi connectivity index (χ3v) is 3.78. The molecule has 0 bridgehead atoms. The topological polar surface area (TPSA) is 45.7 Å². The lowest BCUT2D eigenvalue weighted by atomic mass is 10.1. The van der Waals surface area contributed by atoms with E-state index in [0.29, 0.717) is 11.3 Å². The lowest BCUT2D eigenvalue weighted by Gasteiger charge is -2.11. The number of hydrogen-bond donors (Lipinski definition) is 2. The number of hydrogen-bond acceptors (Lipinski definition) is 1. The van der Waals surface area contributed by atoms with Crippen LogP contribution < -0.4 is 10.6 Å². The summed E-state index contributed by atoms with van der Waals surface area (Å²) in [4.78, 5) is 11.9. The van der Waals surface area contributed by atoms with Gasteiger partial charge in [-0.1, -0.05) is 15.9 Å². The summed E-state index contributed by atoms with van der Waals surface area (Å²) in [7, 11) is 0. The zero-order chi connectivity index (χ0) is 16.1. The summed E-state index contributed by atoms with van der Waals surface area (Å²) in [5.41, 5.74) is 1.34. The quantitative estimate of drug-likeness (QED) is 0.835. The number of rotatable bonds is 5. The van der Waals surface area contributed by atoms with Gasteiger partial charge in [0.05, 0.1) is 0 Å². The van der Waals surface area contributed by atoms with Gasteiger partial charge in [0.2, 0.25) is 0 Å². The van der Waals surface area contributed by atoms with Crippen LogP contribution in [0.5, 0.6) is 0 Å². The second-order valence-corrected chi connectivity index (χ2v) is 5.87. The zero-order valence-corrected chi connectivity index (χ0v) is 13.5. The SMILES string of the molecule is C[C@H]([NH2+]CC(=O)Nc1ccc(Br)cc1)c1ccc(F)c(F)c1. The van der Waals surface area contributed by atoms with E-state index in [-0.39, 0.29) is 18.5 Å². The Balaban J connectivity index is 1.87. The van der Waals surface area contributed by atoms with Crippen LogP contribution in [-0.2, 0) is 4.79 Å². The molecule has 2 rings (SSSR count). The van der Waals surface area contributed by atoms with Crippen molar-refractivity contribution >= 4 is 27.5 Å². The molecule has 6 heteroatoms. The van der Waals surface area contributed by atoms with Gasteiger partial charge < -0.3 is 10.6 Å². The molecule has 1 atom stereocenters. The van der Waals surface area contributed by atoms with Gasteiger partial charge in [-0.25, -0.2) is 8.78 Å². The largest absolute Gasteiger partial charge is 0.333 e. The minimum absolute atomic E-state index is 0.147. The molecule has 0 spiro atoms. The van der Waals surface area contributed by atoms with E-state index in [1.54, 1.807) is 17.4 Å². The highest BCUT2D eigenvalue weighted by atomic mass is 79.9. The number of nitrogens with one attached hydrogen (secondary N) is 1. The van der Waals surface area contributed by atoms with Crippen molar-refractivity contribution in [2.24, 2.45) is 0 Å². The highest BCUT2D eigenvalue weighted by molar-refractivity contribution is 9.10. The zero-order valence-electron chi connectivity index (χ0n) is 11.9. The summed E-state index contributed by atoms with van der Waals surface area (Å²) < 4.78 is 27.0. The Labute approximate surface area is 135 Å². The Bertz CT molecular complexity index is 662. The van der Waals surface area contributed by atoms with Crippen molar-refractivity contribution < 1.29 is 18.9 Å². The average molecular weight is 370 g/mol. The van der Waals surface area contributed by atoms with E-state index in [0.717, 1.165) is 16.6 Å². The molecule has 0 fully saturated rings. The first-order valence-corrected chi connectivity index (χ1v) is 7.58. The third kappa shape index (κ3) is 4.61. The van der Waals surface area contributed by atoms with Crippen LogP contribution in [0.15, 0.2) is 46.9 Å². The van der Waals surface area contributed by atoms with Gasteiger partial charge in [-0.2, -0.15) is 0 Å². The van der Waals surface area contributed by atoms with E-state index >= 15 is 0 Å². The van der Waals surface area contributed by atoms with E-state index in [2.05, 4.69) is 21.2 Å². The number of nitrogens with two attached hydrogens (primary N) is 1. The molecule has 0 aromatic heterocycles. The predicted molar refractivity (Wildman–Crippen MR) is 84.3 cm³/mol. The van der Waals surface area contributed by atoms with Crippen LogP contribution in [0.25, 0.3) is 0 Å². The maximum absolute atomic E-state index is 13.2. The number of quaternary nitrogens is 1. The molecular weight excluding hydrogens is 354 g/mol. The van der Waals surface area contributed by atoms with E-state index in [4.69, 9.17) is 0 Å². The minimum Gasteiger partial charge on any atom is -0.333 e. The molecule has 0 saturated heterocycles. The van der Waals surface area contributed by atoms with Crippen LogP contribution in [0.4, 0.5) is 14.5 Å². The summed E-state index contributed by atoms with van der Waals surface area (Å²) in [6.07, 6.45) is 0. The standard InChI is InChI=1S/C16H15BrF2N2O/c1-10(11-2-7-14(18)15(19)8-11)20-9-16(22)21-13-5-3-12(17)4-6-13/h2-8,10,20H,9H2,1H3,(H,21,22)/p+1/t10-/m0/s1. The van der Waals surface area contributed by atoms with Crippen molar-refractivity contribution in [2.45, 2.75) is 13.0 Å². The highest BCUT2D eigenvalue weighted by Gasteiger charge is 2.13. The molecule has 0 unspecified atom stereocenters. The van der Waals surface area contributed by atoms with Gasteiger partial charge in [-0.3, -0.25) is 4.79 Å². The van der Waals surface area contributed by atoms with Crippen LogP contribution in [-0.4, -0.2) is 12.5 Å². The minimum atomic E-state index is -0.878. The smallest absolute Gasteiger partial charge is 0.279 e. The van der Waals surface area contributed by atoms with Crippen LogP contribution in [0.3, 0.4) is 0 Å². The lowest BCUT2D eigenvalue weighted by Crippen LogP contribution is -2.86. The molecule has 2 aromatic carbocycles. The summed E-state index contributed by atoms with van der Waals surface area (Å²) in [6, 6.07) is 10.9. The monoisotopic (exact) mass is 369 g/mol. The van der Waals surface area contributed by atoms with Crippen LogP contribution in [0.2, 0.25) is 0 Å². The lowest BCUT2D eigenvalue weighted by molar-refractivity contribution is -0.682. The van der Waals surface area contributed by atoms with Crippen molar-refractivity contribution in [1.82, 2.24) is 0 Å². The molecule has 0 radical (unpaired) electrons. The fourth-order valence-corrected chi connectivity index (χ4v) is 2.23. The summed E-state index contributed by atoms with van der Waals surface area (Å²) in [5.74, 6) is -1.90. The fourth-order valence-electron chi connectivity index (χ4n) is 1.96. The Morgan fingerprint density at radius 3 is 2.50 bits per heavy atom. The van der Waals surface area contributed by atoms with E-state index < -0.39 is 11.6 Å². The number of carbonyl (C=O) groups excluding carboxylic acids is 1. The fraction of sp³-hybridized carbons (Fsp3) is 0.188. The molecule has 116 valence electrons. The van der Waals surface area contributed by atoms with Gasteiger partial charge in [0.1, 0.15) is 6.04 Å². The van der Waals surface area contributed by atoms with E-state index in [1.807, 2.05) is 19.1 Å². The van der Waals surface area contributed by atoms with Gasteiger partial charge in [-0.15, -0.1) is 0 Å². The normalized spacial score (nSPS) is 12.0. The second kappa shape index (κ2) is 7.47. The number of benzene rings is 2. The van der Waals surface area contributed by atoms with Gasteiger partial charge in [0.25, 0.3) is 5.91 Å². The van der Waals surface area contributed by atoms with Gasteiger partial charge in [0.15, 0.2) is 18.2 Å². The van der Waals surface area contributed by atoms with E-state index in [1.165, 1.54) is 6.07 Å². The van der Waals surface area contributed by atoms with Gasteiger partial charge in [-0.05, 0) is 49.4 Å². The molecule has 1 amide bonds. The van der Waals surface area contributed by atoms with Gasteiger partial charge >= 0.3 is 0 Å². The highest BCUT2D eigenvalue weighted by Crippen LogP contribution is 2.14. The Kier molecular flexibility index (Phi) is 5.63. The Morgan fingerprint density at radius 1 is 1.18 bits per heavy atom. The number of anilines is 1. The molecule has 2 aromatic rings.